The molecular formula is C15H14N2O4S. The number of furan rings is 1. The number of carbonyl (C=O) groups is 2. The van der Waals surface area contributed by atoms with Crippen LogP contribution in [0.25, 0.3) is 0 Å². The summed E-state index contributed by atoms with van der Waals surface area (Å²) in [6.45, 7) is -0.163. The van der Waals surface area contributed by atoms with E-state index in [4.69, 9.17) is 9.15 Å². The topological polar surface area (TPSA) is 71.8 Å². The Kier molecular flexibility index (Phi) is 4.34. The Labute approximate surface area is 131 Å². The van der Waals surface area contributed by atoms with Gasteiger partial charge < -0.3 is 9.15 Å². The molecule has 114 valence electrons. The first kappa shape index (κ1) is 14.5. The number of nitrogens with zero attached hydrogens (tertiary/aromatic N) is 1. The van der Waals surface area contributed by atoms with Crippen LogP contribution in [-0.4, -0.2) is 29.2 Å². The lowest BCUT2D eigenvalue weighted by molar-refractivity contribution is -0.140. The van der Waals surface area contributed by atoms with Gasteiger partial charge in [0, 0.05) is 0 Å². The highest BCUT2D eigenvalue weighted by molar-refractivity contribution is 8.00. The number of amides is 2. The normalized spacial score (nSPS) is 17.5. The van der Waals surface area contributed by atoms with Crippen molar-refractivity contribution in [3.8, 4) is 5.75 Å². The molecule has 0 saturated carbocycles. The molecule has 22 heavy (non-hydrogen) atoms. The van der Waals surface area contributed by atoms with E-state index in [0.717, 1.165) is 0 Å². The van der Waals surface area contributed by atoms with Gasteiger partial charge >= 0.3 is 0 Å². The van der Waals surface area contributed by atoms with Crippen molar-refractivity contribution >= 4 is 23.6 Å². The lowest BCUT2D eigenvalue weighted by atomic mass is 10.3. The average Bonchev–Trinajstić information content (AvgIpc) is 3.17. The fraction of sp³-hybridized carbons (Fsp3) is 0.200. The summed E-state index contributed by atoms with van der Waals surface area (Å²) in [6.07, 6.45) is 1.54. The highest BCUT2D eigenvalue weighted by atomic mass is 32.2. The molecule has 1 aliphatic rings. The highest BCUT2D eigenvalue weighted by Gasteiger charge is 2.36. The second kappa shape index (κ2) is 6.57. The van der Waals surface area contributed by atoms with E-state index in [1.54, 1.807) is 24.3 Å². The number of para-hydroxylation sites is 1. The molecule has 1 aromatic carbocycles. The Morgan fingerprint density at radius 3 is 2.86 bits per heavy atom. The summed E-state index contributed by atoms with van der Waals surface area (Å²) in [5.41, 5.74) is 2.58. The molecule has 2 heterocycles. The van der Waals surface area contributed by atoms with Crippen molar-refractivity contribution in [2.75, 3.05) is 12.4 Å². The molecule has 2 amide bonds. The van der Waals surface area contributed by atoms with Crippen LogP contribution in [0.5, 0.6) is 5.75 Å². The molecule has 2 aromatic rings. The maximum absolute atomic E-state index is 12.0. The predicted molar refractivity (Wildman–Crippen MR) is 80.8 cm³/mol. The molecule has 7 heteroatoms. The van der Waals surface area contributed by atoms with E-state index in [1.807, 2.05) is 18.2 Å². The standard InChI is InChI=1S/C15H14N2O4S/c18-13(9-21-11-5-2-1-3-6-11)16-17-14(19)10-22-15(17)12-7-4-8-20-12/h1-8,15H,9-10H2,(H,16,18). The smallest absolute Gasteiger partial charge is 0.276 e. The minimum absolute atomic E-state index is 0.163. The zero-order valence-electron chi connectivity index (χ0n) is 11.6. The van der Waals surface area contributed by atoms with Crippen LogP contribution >= 0.6 is 11.8 Å². The molecule has 3 rings (SSSR count). The van der Waals surface area contributed by atoms with Crippen molar-refractivity contribution in [3.05, 3.63) is 54.5 Å². The maximum atomic E-state index is 12.0. The first-order valence-corrected chi connectivity index (χ1v) is 7.73. The van der Waals surface area contributed by atoms with E-state index in [9.17, 15) is 9.59 Å². The van der Waals surface area contributed by atoms with Crippen LogP contribution in [0.1, 0.15) is 11.1 Å². The molecule has 1 unspecified atom stereocenters. The van der Waals surface area contributed by atoms with Crippen LogP contribution in [0.3, 0.4) is 0 Å². The number of benzene rings is 1. The monoisotopic (exact) mass is 318 g/mol. The molecule has 1 N–H and O–H groups in total. The quantitative estimate of drug-likeness (QED) is 0.912. The third-order valence-corrected chi connectivity index (χ3v) is 4.19. The molecule has 1 saturated heterocycles. The molecule has 1 fully saturated rings. The van der Waals surface area contributed by atoms with Crippen LogP contribution in [0.4, 0.5) is 0 Å². The van der Waals surface area contributed by atoms with Gasteiger partial charge in [0.05, 0.1) is 12.0 Å². The van der Waals surface area contributed by atoms with Crippen LogP contribution in [0.15, 0.2) is 53.1 Å². The van der Waals surface area contributed by atoms with Crippen molar-refractivity contribution < 1.29 is 18.7 Å². The average molecular weight is 318 g/mol. The van der Waals surface area contributed by atoms with Gasteiger partial charge in [-0.15, -0.1) is 11.8 Å². The molecule has 6 nitrogen and oxygen atoms in total. The largest absolute Gasteiger partial charge is 0.484 e. The molecule has 1 aromatic heterocycles. The van der Waals surface area contributed by atoms with Gasteiger partial charge in [-0.25, -0.2) is 5.01 Å². The van der Waals surface area contributed by atoms with Crippen LogP contribution in [0, 0.1) is 0 Å². The van der Waals surface area contributed by atoms with Gasteiger partial charge in [-0.2, -0.15) is 0 Å². The molecular weight excluding hydrogens is 304 g/mol. The number of thioether (sulfide) groups is 1. The molecule has 1 aliphatic heterocycles. The Morgan fingerprint density at radius 2 is 2.14 bits per heavy atom. The maximum Gasteiger partial charge on any atom is 0.276 e. The van der Waals surface area contributed by atoms with Crippen LogP contribution in [0.2, 0.25) is 0 Å². The summed E-state index contributed by atoms with van der Waals surface area (Å²) in [4.78, 5) is 23.9. The number of nitrogens with one attached hydrogen (secondary N) is 1. The van der Waals surface area contributed by atoms with Gasteiger partial charge in [0.15, 0.2) is 12.0 Å². The van der Waals surface area contributed by atoms with E-state index < -0.39 is 5.91 Å². The Morgan fingerprint density at radius 1 is 1.32 bits per heavy atom. The molecule has 0 radical (unpaired) electrons. The Bertz CT molecular complexity index is 645. The highest BCUT2D eigenvalue weighted by Crippen LogP contribution is 2.37. The van der Waals surface area contributed by atoms with Gasteiger partial charge in [-0.1, -0.05) is 18.2 Å². The third-order valence-electron chi connectivity index (χ3n) is 3.01. The summed E-state index contributed by atoms with van der Waals surface area (Å²) in [6, 6.07) is 12.5. The Hall–Kier alpha value is -2.41. The number of hydrazine groups is 1. The fourth-order valence-corrected chi connectivity index (χ4v) is 3.08. The zero-order chi connectivity index (χ0) is 15.4. The summed E-state index contributed by atoms with van der Waals surface area (Å²) in [5, 5.41) is 0.948. The molecule has 0 aliphatic carbocycles. The molecule has 0 spiro atoms. The molecule has 1 atom stereocenters. The van der Waals surface area contributed by atoms with Gasteiger partial charge in [0.2, 0.25) is 0 Å². The van der Waals surface area contributed by atoms with E-state index in [2.05, 4.69) is 5.43 Å². The zero-order valence-corrected chi connectivity index (χ0v) is 12.4. The lowest BCUT2D eigenvalue weighted by Gasteiger charge is -2.22. The number of carbonyl (C=O) groups excluding carboxylic acids is 2. The van der Waals surface area contributed by atoms with Crippen LogP contribution < -0.4 is 10.2 Å². The van der Waals surface area contributed by atoms with E-state index in [1.165, 1.54) is 23.0 Å². The number of rotatable bonds is 5. The summed E-state index contributed by atoms with van der Waals surface area (Å²) in [7, 11) is 0. The Balaban J connectivity index is 1.58. The lowest BCUT2D eigenvalue weighted by Crippen LogP contribution is -2.46. The van der Waals surface area contributed by atoms with Gasteiger partial charge in [0.1, 0.15) is 11.5 Å². The van der Waals surface area contributed by atoms with E-state index >= 15 is 0 Å². The minimum Gasteiger partial charge on any atom is -0.484 e. The second-order valence-electron chi connectivity index (χ2n) is 4.58. The summed E-state index contributed by atoms with van der Waals surface area (Å²) >= 11 is 1.40. The predicted octanol–water partition coefficient (Wildman–Crippen LogP) is 1.96. The van der Waals surface area contributed by atoms with Crippen molar-refractivity contribution in [3.63, 3.8) is 0 Å². The second-order valence-corrected chi connectivity index (χ2v) is 5.65. The van der Waals surface area contributed by atoms with Crippen molar-refractivity contribution in [1.82, 2.24) is 10.4 Å². The minimum atomic E-state index is -0.392. The van der Waals surface area contributed by atoms with E-state index in [-0.39, 0.29) is 17.9 Å². The van der Waals surface area contributed by atoms with Gasteiger partial charge in [0.25, 0.3) is 11.8 Å². The number of ether oxygens (including phenoxy) is 1. The fourth-order valence-electron chi connectivity index (χ4n) is 2.02. The SMILES string of the molecule is O=C(COc1ccccc1)NN1C(=O)CSC1c1ccco1. The van der Waals surface area contributed by atoms with Gasteiger partial charge in [-0.05, 0) is 24.3 Å². The van der Waals surface area contributed by atoms with Crippen molar-refractivity contribution in [2.24, 2.45) is 0 Å². The van der Waals surface area contributed by atoms with Gasteiger partial charge in [-0.3, -0.25) is 15.0 Å². The van der Waals surface area contributed by atoms with Crippen LogP contribution in [-0.2, 0) is 9.59 Å². The first-order chi connectivity index (χ1) is 10.7. The number of hydrogen-bond acceptors (Lipinski definition) is 5. The van der Waals surface area contributed by atoms with Crippen molar-refractivity contribution in [2.45, 2.75) is 5.37 Å². The molecule has 0 bridgehead atoms. The van der Waals surface area contributed by atoms with E-state index in [0.29, 0.717) is 17.3 Å². The summed E-state index contributed by atoms with van der Waals surface area (Å²) < 4.78 is 10.7. The van der Waals surface area contributed by atoms with Crippen molar-refractivity contribution in [1.29, 1.82) is 0 Å². The number of hydrogen-bond donors (Lipinski definition) is 1. The first-order valence-electron chi connectivity index (χ1n) is 6.68. The summed E-state index contributed by atoms with van der Waals surface area (Å²) in [5.74, 6) is 0.962. The third kappa shape index (κ3) is 3.25.